The van der Waals surface area contributed by atoms with Crippen LogP contribution in [-0.2, 0) is 0 Å². The summed E-state index contributed by atoms with van der Waals surface area (Å²) in [6.07, 6.45) is 0. The second kappa shape index (κ2) is 11.1. The van der Waals surface area contributed by atoms with Crippen LogP contribution in [0.4, 0.5) is 0 Å². The molecule has 36 valence electrons. The summed E-state index contributed by atoms with van der Waals surface area (Å²) in [5.74, 6) is 0. The molecule has 0 unspecified atom stereocenters. The first-order valence-electron chi connectivity index (χ1n) is 0.816. The van der Waals surface area contributed by atoms with Crippen molar-refractivity contribution in [3.8, 4) is 0 Å². The Morgan fingerprint density at radius 1 is 0.875 bits per heavy atom. The molecular formula is H2BaCa2O4Si. The summed E-state index contributed by atoms with van der Waals surface area (Å²) in [6.45, 7) is 0. The molecule has 0 saturated carbocycles. The van der Waals surface area contributed by atoms with Gasteiger partial charge in [0.2, 0.25) is 0 Å². The van der Waals surface area contributed by atoms with E-state index in [1.54, 1.807) is 0 Å². The summed E-state index contributed by atoms with van der Waals surface area (Å²) in [7, 11) is -5.61. The Kier molecular flexibility index (Phi) is 31.7. The van der Waals surface area contributed by atoms with Crippen molar-refractivity contribution in [2.75, 3.05) is 0 Å². The third-order valence-electron chi connectivity index (χ3n) is 0. The molecular weight excluding hydrogens is 310 g/mol. The zero-order valence-electron chi connectivity index (χ0n) is 6.25. The molecule has 0 atom stereocenters. The zero-order chi connectivity index (χ0) is 4.50. The molecule has 0 aliphatic heterocycles. The Bertz CT molecular complexity index is 36.7. The summed E-state index contributed by atoms with van der Waals surface area (Å²) >= 11 is 0. The van der Waals surface area contributed by atoms with Crippen LogP contribution in [0.2, 0.25) is 0 Å². The fourth-order valence-corrected chi connectivity index (χ4v) is 0. The van der Waals surface area contributed by atoms with Crippen LogP contribution in [0.1, 0.15) is 2.85 Å². The molecule has 0 amide bonds. The van der Waals surface area contributed by atoms with E-state index in [1.807, 2.05) is 0 Å². The normalized spacial score (nSPS) is 7.50. The number of rotatable bonds is 0. The molecule has 0 aliphatic rings. The maximum atomic E-state index is 8.58. The molecule has 0 aromatic heterocycles. The average molecular weight is 312 g/mol. The molecule has 0 spiro atoms. The topological polar surface area (TPSA) is 92.2 Å². The van der Waals surface area contributed by atoms with Gasteiger partial charge in [-0.05, 0) is 0 Å². The Balaban J connectivity index is -0.00000000800. The van der Waals surface area contributed by atoms with Crippen molar-refractivity contribution in [3.05, 3.63) is 0 Å². The quantitative estimate of drug-likeness (QED) is 0.416. The molecule has 0 N–H and O–H groups in total. The molecule has 0 fully saturated rings. The van der Waals surface area contributed by atoms with Gasteiger partial charge in [0.15, 0.2) is 0 Å². The van der Waals surface area contributed by atoms with Gasteiger partial charge >= 0.3 is 124 Å². The second-order valence-corrected chi connectivity index (χ2v) is 1.50. The fraction of sp³-hybridized carbons (Fsp3) is 0. The maximum Gasteiger partial charge on any atom is 2.00 e. The summed E-state index contributed by atoms with van der Waals surface area (Å²) in [6, 6.07) is 0. The molecule has 4 nitrogen and oxygen atoms in total. The molecule has 0 aliphatic carbocycles. The van der Waals surface area contributed by atoms with Crippen LogP contribution in [0, 0.1) is 0 Å². The van der Waals surface area contributed by atoms with Gasteiger partial charge in [0.05, 0.1) is 0 Å². The second-order valence-electron chi connectivity index (χ2n) is 0.500. The SMILES string of the molecule is [Ba+2].[Ca+2].[Ca+2].[H-].[H-].[O-][Si]([O-])([O-])[O-]. The van der Waals surface area contributed by atoms with E-state index in [2.05, 4.69) is 0 Å². The third kappa shape index (κ3) is 49.4. The van der Waals surface area contributed by atoms with Crippen molar-refractivity contribution in [2.24, 2.45) is 0 Å². The van der Waals surface area contributed by atoms with E-state index in [-0.39, 0.29) is 127 Å². The van der Waals surface area contributed by atoms with Crippen molar-refractivity contribution in [1.82, 2.24) is 0 Å². The third-order valence-corrected chi connectivity index (χ3v) is 0. The van der Waals surface area contributed by atoms with E-state index >= 15 is 0 Å². The smallest absolute Gasteiger partial charge is 1.00 e. The summed E-state index contributed by atoms with van der Waals surface area (Å²) in [5, 5.41) is 0. The summed E-state index contributed by atoms with van der Waals surface area (Å²) in [4.78, 5) is 34.3. The fourth-order valence-electron chi connectivity index (χ4n) is 0. The Morgan fingerprint density at radius 3 is 0.875 bits per heavy atom. The van der Waals surface area contributed by atoms with Crippen LogP contribution in [0.5, 0.6) is 0 Å². The van der Waals surface area contributed by atoms with E-state index in [9.17, 15) is 0 Å². The number of hydrogen-bond donors (Lipinski definition) is 0. The minimum absolute atomic E-state index is 0. The van der Waals surface area contributed by atoms with E-state index in [0.717, 1.165) is 0 Å². The average Bonchev–Trinajstić information content (AvgIpc) is 0.722. The van der Waals surface area contributed by atoms with Gasteiger partial charge in [-0.2, -0.15) is 0 Å². The Morgan fingerprint density at radius 2 is 0.875 bits per heavy atom. The van der Waals surface area contributed by atoms with E-state index < -0.39 is 9.05 Å². The van der Waals surface area contributed by atoms with Crippen molar-refractivity contribution in [1.29, 1.82) is 0 Å². The summed E-state index contributed by atoms with van der Waals surface area (Å²) < 4.78 is 0. The number of hydrogen-bond acceptors (Lipinski definition) is 4. The van der Waals surface area contributed by atoms with Crippen LogP contribution in [0.15, 0.2) is 0 Å². The first kappa shape index (κ1) is 22.7. The predicted molar refractivity (Wildman–Crippen MR) is 25.2 cm³/mol. The van der Waals surface area contributed by atoms with Gasteiger partial charge in [0.1, 0.15) is 0 Å². The monoisotopic (exact) mass is 312 g/mol. The van der Waals surface area contributed by atoms with Crippen LogP contribution in [0.3, 0.4) is 0 Å². The largest absolute Gasteiger partial charge is 2.00 e. The van der Waals surface area contributed by atoms with Crippen molar-refractivity contribution >= 4 is 133 Å². The minimum atomic E-state index is -5.61. The Labute approximate surface area is 151 Å². The van der Waals surface area contributed by atoms with Gasteiger partial charge in [0, 0.05) is 0 Å². The molecule has 0 saturated heterocycles. The van der Waals surface area contributed by atoms with Crippen LogP contribution >= 0.6 is 0 Å². The molecule has 8 heavy (non-hydrogen) atoms. The van der Waals surface area contributed by atoms with Gasteiger partial charge < -0.3 is 31.1 Å². The van der Waals surface area contributed by atoms with Crippen molar-refractivity contribution in [3.63, 3.8) is 0 Å². The van der Waals surface area contributed by atoms with Gasteiger partial charge in [0.25, 0.3) is 0 Å². The van der Waals surface area contributed by atoms with Gasteiger partial charge in [-0.15, -0.1) is 0 Å². The van der Waals surface area contributed by atoms with E-state index in [4.69, 9.17) is 19.2 Å². The molecule has 0 bridgehead atoms. The van der Waals surface area contributed by atoms with Crippen molar-refractivity contribution < 1.29 is 22.0 Å². The minimum Gasteiger partial charge on any atom is -1.00 e. The first-order chi connectivity index (χ1) is 2.00. The molecule has 0 heterocycles. The standard InChI is InChI=1S/Ba.2Ca.O4Si.2H/c;;;1-5(2,3)4;;/q3*+2;-4;2*-1. The Hall–Kier alpha value is 4.15. The molecule has 0 aromatic rings. The zero-order valence-corrected chi connectivity index (χ0v) is 14.1. The van der Waals surface area contributed by atoms with Gasteiger partial charge in [-0.3, -0.25) is 0 Å². The van der Waals surface area contributed by atoms with Crippen LogP contribution in [0.25, 0.3) is 0 Å². The first-order valence-corrected chi connectivity index (χ1v) is 2.45. The maximum absolute atomic E-state index is 8.58. The summed E-state index contributed by atoms with van der Waals surface area (Å²) in [5.41, 5.74) is 0. The van der Waals surface area contributed by atoms with Crippen molar-refractivity contribution in [2.45, 2.75) is 0 Å². The molecule has 0 rings (SSSR count). The van der Waals surface area contributed by atoms with E-state index in [1.165, 1.54) is 0 Å². The molecule has 0 radical (unpaired) electrons. The predicted octanol–water partition coefficient (Wildman–Crippen LogP) is -6.05. The van der Waals surface area contributed by atoms with Crippen LogP contribution in [-0.4, -0.2) is 133 Å². The van der Waals surface area contributed by atoms with Crippen LogP contribution < -0.4 is 19.2 Å². The van der Waals surface area contributed by atoms with Gasteiger partial charge in [-0.25, -0.2) is 0 Å². The molecule has 0 aromatic carbocycles. The van der Waals surface area contributed by atoms with Gasteiger partial charge in [-0.1, -0.05) is 0 Å². The molecule has 8 heteroatoms. The van der Waals surface area contributed by atoms with E-state index in [0.29, 0.717) is 0 Å².